The number of hydrogen-bond acceptors (Lipinski definition) is 4. The Morgan fingerprint density at radius 3 is 2.30 bits per heavy atom. The van der Waals surface area contributed by atoms with Gasteiger partial charge in [0.25, 0.3) is 5.91 Å². The Bertz CT molecular complexity index is 1280. The Balaban J connectivity index is 1.90. The SMILES string of the molecule is CCCC[C@@H](C(=O)C(=O)N[C@H](C)c1ccccc1)N(C(=O)O)C(Cn1cnc(-c2ccc(F)cc2)c1)C(C)(C)C. The molecule has 0 spiro atoms. The van der Waals surface area contributed by atoms with Crippen molar-refractivity contribution >= 4 is 17.8 Å². The highest BCUT2D eigenvalue weighted by Crippen LogP contribution is 2.30. The number of carbonyl (C=O) groups is 3. The van der Waals surface area contributed by atoms with Gasteiger partial charge in [0, 0.05) is 18.3 Å². The minimum atomic E-state index is -1.27. The lowest BCUT2D eigenvalue weighted by atomic mass is 9.84. The number of unbranched alkanes of at least 4 members (excludes halogenated alkanes) is 1. The molecule has 0 saturated heterocycles. The molecule has 0 aliphatic carbocycles. The second kappa shape index (κ2) is 13.4. The van der Waals surface area contributed by atoms with E-state index in [9.17, 15) is 23.9 Å². The fourth-order valence-electron chi connectivity index (χ4n) is 4.73. The van der Waals surface area contributed by atoms with E-state index in [-0.39, 0.29) is 18.8 Å². The van der Waals surface area contributed by atoms with E-state index in [1.54, 1.807) is 36.1 Å². The molecule has 0 fully saturated rings. The monoisotopic (exact) mass is 550 g/mol. The molecule has 9 heteroatoms. The highest BCUT2D eigenvalue weighted by atomic mass is 19.1. The maximum atomic E-state index is 13.6. The van der Waals surface area contributed by atoms with Crippen LogP contribution < -0.4 is 5.32 Å². The van der Waals surface area contributed by atoms with E-state index in [4.69, 9.17) is 0 Å². The van der Waals surface area contributed by atoms with Crippen molar-refractivity contribution in [2.24, 2.45) is 5.41 Å². The van der Waals surface area contributed by atoms with Crippen LogP contribution in [0.1, 0.15) is 65.5 Å². The van der Waals surface area contributed by atoms with Crippen LogP contribution in [0.5, 0.6) is 0 Å². The molecule has 3 aromatic rings. The van der Waals surface area contributed by atoms with Crippen molar-refractivity contribution in [3.8, 4) is 11.3 Å². The third-order valence-electron chi connectivity index (χ3n) is 7.05. The van der Waals surface area contributed by atoms with Gasteiger partial charge < -0.3 is 15.0 Å². The molecule has 2 aromatic carbocycles. The average Bonchev–Trinajstić information content (AvgIpc) is 3.38. The second-order valence-corrected chi connectivity index (χ2v) is 11.2. The molecule has 40 heavy (non-hydrogen) atoms. The van der Waals surface area contributed by atoms with Gasteiger partial charge in [-0.1, -0.05) is 70.9 Å². The molecule has 0 radical (unpaired) electrons. The van der Waals surface area contributed by atoms with Crippen molar-refractivity contribution in [3.63, 3.8) is 0 Å². The maximum absolute atomic E-state index is 13.6. The number of halogens is 1. The summed E-state index contributed by atoms with van der Waals surface area (Å²) in [6.07, 6.45) is 3.64. The molecule has 1 unspecified atom stereocenters. The zero-order valence-electron chi connectivity index (χ0n) is 23.8. The first-order valence-corrected chi connectivity index (χ1v) is 13.6. The predicted molar refractivity (Wildman–Crippen MR) is 152 cm³/mol. The summed E-state index contributed by atoms with van der Waals surface area (Å²) in [5.41, 5.74) is 1.59. The Morgan fingerprint density at radius 2 is 1.73 bits per heavy atom. The highest BCUT2D eigenvalue weighted by molar-refractivity contribution is 6.38. The van der Waals surface area contributed by atoms with Crippen LogP contribution >= 0.6 is 0 Å². The fourth-order valence-corrected chi connectivity index (χ4v) is 4.73. The van der Waals surface area contributed by atoms with Crippen molar-refractivity contribution in [3.05, 3.63) is 78.5 Å². The van der Waals surface area contributed by atoms with Crippen LogP contribution in [0.3, 0.4) is 0 Å². The third-order valence-corrected chi connectivity index (χ3v) is 7.05. The standard InChI is InChI=1S/C31H39FN4O4/c1-6-7-13-26(28(37)29(38)34-21(2)22-11-9-8-10-12-22)36(30(39)40)27(31(3,4)5)19-35-18-25(33-20-35)23-14-16-24(32)17-15-23/h8-12,14-18,20-21,26-27H,6-7,13,19H2,1-5H3,(H,34,38)(H,39,40)/t21-,26+,27?/m1/s1. The normalized spacial score (nSPS) is 13.8. The number of carboxylic acid groups (broad SMARTS) is 1. The maximum Gasteiger partial charge on any atom is 0.408 e. The van der Waals surface area contributed by atoms with Gasteiger partial charge in [-0.15, -0.1) is 0 Å². The largest absolute Gasteiger partial charge is 0.465 e. The zero-order chi connectivity index (χ0) is 29.4. The van der Waals surface area contributed by atoms with Crippen LogP contribution in [-0.4, -0.2) is 49.4 Å². The van der Waals surface area contributed by atoms with Crippen LogP contribution in [0.4, 0.5) is 9.18 Å². The van der Waals surface area contributed by atoms with Gasteiger partial charge >= 0.3 is 6.09 Å². The summed E-state index contributed by atoms with van der Waals surface area (Å²) in [7, 11) is 0. The number of carbonyl (C=O) groups excluding carboxylic acids is 2. The number of hydrogen-bond donors (Lipinski definition) is 2. The van der Waals surface area contributed by atoms with Gasteiger partial charge in [0.2, 0.25) is 5.78 Å². The molecule has 8 nitrogen and oxygen atoms in total. The molecule has 214 valence electrons. The number of aromatic nitrogens is 2. The smallest absolute Gasteiger partial charge is 0.408 e. The predicted octanol–water partition coefficient (Wildman–Crippen LogP) is 6.09. The molecule has 0 bridgehead atoms. The summed E-state index contributed by atoms with van der Waals surface area (Å²) in [6.45, 7) is 9.67. The Morgan fingerprint density at radius 1 is 1.07 bits per heavy atom. The molecule has 0 aliphatic heterocycles. The first-order valence-electron chi connectivity index (χ1n) is 13.6. The van der Waals surface area contributed by atoms with Crippen molar-refractivity contribution in [1.82, 2.24) is 19.8 Å². The third kappa shape index (κ3) is 7.77. The molecule has 3 rings (SSSR count). The number of rotatable bonds is 12. The van der Waals surface area contributed by atoms with Crippen LogP contribution in [0.2, 0.25) is 0 Å². The number of Topliss-reactive ketones (excluding diaryl/α,β-unsaturated/α-hetero) is 1. The van der Waals surface area contributed by atoms with Gasteiger partial charge in [-0.25, -0.2) is 14.2 Å². The number of benzene rings is 2. The van der Waals surface area contributed by atoms with E-state index in [0.717, 1.165) is 22.4 Å². The minimum Gasteiger partial charge on any atom is -0.465 e. The first-order chi connectivity index (χ1) is 18.9. The van der Waals surface area contributed by atoms with Gasteiger partial charge in [-0.3, -0.25) is 14.5 Å². The summed E-state index contributed by atoms with van der Waals surface area (Å²) in [4.78, 5) is 45.1. The highest BCUT2D eigenvalue weighted by Gasteiger charge is 2.42. The van der Waals surface area contributed by atoms with Gasteiger partial charge in [0.05, 0.1) is 24.1 Å². The molecular weight excluding hydrogens is 511 g/mol. The van der Waals surface area contributed by atoms with E-state index in [1.807, 2.05) is 58.0 Å². The van der Waals surface area contributed by atoms with E-state index in [2.05, 4.69) is 10.3 Å². The van der Waals surface area contributed by atoms with Crippen LogP contribution in [0.15, 0.2) is 67.1 Å². The summed E-state index contributed by atoms with van der Waals surface area (Å²) in [5, 5.41) is 13.2. The van der Waals surface area contributed by atoms with Crippen LogP contribution in [-0.2, 0) is 16.1 Å². The molecule has 2 N–H and O–H groups in total. The number of nitrogens with one attached hydrogen (secondary N) is 1. The quantitative estimate of drug-likeness (QED) is 0.266. The number of nitrogens with zero attached hydrogens (tertiary/aromatic N) is 3. The van der Waals surface area contributed by atoms with Gasteiger partial charge in [-0.05, 0) is 48.6 Å². The molecule has 1 heterocycles. The molecule has 3 atom stereocenters. The number of amides is 2. The summed E-state index contributed by atoms with van der Waals surface area (Å²) < 4.78 is 15.1. The van der Waals surface area contributed by atoms with E-state index < -0.39 is 41.3 Å². The van der Waals surface area contributed by atoms with Crippen molar-refractivity contribution in [2.75, 3.05) is 0 Å². The van der Waals surface area contributed by atoms with Gasteiger partial charge in [0.1, 0.15) is 11.9 Å². The van der Waals surface area contributed by atoms with Gasteiger partial charge in [-0.2, -0.15) is 0 Å². The molecule has 0 aliphatic rings. The zero-order valence-corrected chi connectivity index (χ0v) is 23.8. The van der Waals surface area contributed by atoms with E-state index in [1.165, 1.54) is 12.1 Å². The fraction of sp³-hybridized carbons (Fsp3) is 0.419. The first kappa shape index (κ1) is 30.5. The van der Waals surface area contributed by atoms with E-state index >= 15 is 0 Å². The molecular formula is C31H39FN4O4. The van der Waals surface area contributed by atoms with Crippen LogP contribution in [0, 0.1) is 11.2 Å². The number of imidazole rings is 1. The topological polar surface area (TPSA) is 105 Å². The average molecular weight is 551 g/mol. The van der Waals surface area contributed by atoms with Crippen LogP contribution in [0.25, 0.3) is 11.3 Å². The van der Waals surface area contributed by atoms with Crippen molar-refractivity contribution < 1.29 is 23.9 Å². The summed E-state index contributed by atoms with van der Waals surface area (Å²) >= 11 is 0. The lowest BCUT2D eigenvalue weighted by Crippen LogP contribution is -2.58. The van der Waals surface area contributed by atoms with Crippen molar-refractivity contribution in [1.29, 1.82) is 0 Å². The van der Waals surface area contributed by atoms with E-state index in [0.29, 0.717) is 12.1 Å². The minimum absolute atomic E-state index is 0.210. The lowest BCUT2D eigenvalue weighted by Gasteiger charge is -2.42. The number of ketones is 1. The summed E-state index contributed by atoms with van der Waals surface area (Å²) in [6, 6.07) is 13.0. The summed E-state index contributed by atoms with van der Waals surface area (Å²) in [5.74, 6) is -1.93. The Labute approximate surface area is 235 Å². The van der Waals surface area contributed by atoms with Gasteiger partial charge in [0.15, 0.2) is 0 Å². The molecule has 0 saturated carbocycles. The Hall–Kier alpha value is -4.01. The van der Waals surface area contributed by atoms with Crippen molar-refractivity contribution in [2.45, 2.75) is 78.6 Å². The molecule has 2 amide bonds. The lowest BCUT2D eigenvalue weighted by molar-refractivity contribution is -0.142. The Kier molecular flexibility index (Phi) is 10.2. The second-order valence-electron chi connectivity index (χ2n) is 11.2. The molecule has 1 aromatic heterocycles.